The number of fused-ring (bicyclic) bond motifs is 2. The summed E-state index contributed by atoms with van der Waals surface area (Å²) in [6, 6.07) is 6.86. The van der Waals surface area contributed by atoms with Gasteiger partial charge in [0.25, 0.3) is 21.8 Å². The van der Waals surface area contributed by atoms with Crippen LogP contribution in [0.15, 0.2) is 41.4 Å². The molecule has 1 aliphatic carbocycles. The average Bonchev–Trinajstić information content (AvgIpc) is 3.17. The van der Waals surface area contributed by atoms with Gasteiger partial charge in [-0.15, -0.1) is 0 Å². The fourth-order valence-corrected chi connectivity index (χ4v) is 5.39. The monoisotopic (exact) mass is 437 g/mol. The number of aromatic nitrogens is 1. The first kappa shape index (κ1) is 20.5. The average molecular weight is 437 g/mol. The van der Waals surface area contributed by atoms with Crippen molar-refractivity contribution in [2.75, 3.05) is 11.9 Å². The lowest BCUT2D eigenvalue weighted by Crippen LogP contribution is -2.29. The molecule has 0 unspecified atom stereocenters. The molecule has 1 aliphatic heterocycles. The predicted octanol–water partition coefficient (Wildman–Crippen LogP) is 3.24. The van der Waals surface area contributed by atoms with Crippen LogP contribution in [0.1, 0.15) is 53.0 Å². The molecular weight excluding hydrogens is 416 g/mol. The van der Waals surface area contributed by atoms with E-state index in [4.69, 9.17) is 0 Å². The third-order valence-electron chi connectivity index (χ3n) is 5.65. The second-order valence-corrected chi connectivity index (χ2v) is 9.49. The second kappa shape index (κ2) is 7.50. The molecule has 10 heteroatoms. The number of anilines is 1. The molecule has 2 amide bonds. The van der Waals surface area contributed by atoms with E-state index < -0.39 is 27.8 Å². The molecule has 0 spiro atoms. The molecule has 2 heterocycles. The van der Waals surface area contributed by atoms with Crippen LogP contribution in [0.4, 0.5) is 14.5 Å². The third-order valence-corrected chi connectivity index (χ3v) is 7.40. The number of halogens is 2. The second-order valence-electron chi connectivity index (χ2n) is 7.70. The molecule has 1 aromatic carbocycles. The maximum atomic E-state index is 13.2. The van der Waals surface area contributed by atoms with Gasteiger partial charge in [0.1, 0.15) is 10.6 Å². The highest BCUT2D eigenvalue weighted by Gasteiger charge is 2.34. The van der Waals surface area contributed by atoms with Gasteiger partial charge in [-0.3, -0.25) is 9.59 Å². The predicted molar refractivity (Wildman–Crippen MR) is 105 cm³/mol. The number of hydrogen-bond acceptors (Lipinski definition) is 4. The minimum absolute atomic E-state index is 0.0183. The number of carbonyl (C=O) groups excluding carboxylic acids is 2. The van der Waals surface area contributed by atoms with Gasteiger partial charge in [-0.05, 0) is 55.5 Å². The number of hydrogen-bond donors (Lipinski definition) is 2. The first-order valence-corrected chi connectivity index (χ1v) is 11.2. The number of nitrogens with one attached hydrogen (secondary N) is 2. The minimum atomic E-state index is -3.97. The molecule has 1 fully saturated rings. The van der Waals surface area contributed by atoms with Gasteiger partial charge in [0.05, 0.1) is 5.69 Å². The highest BCUT2D eigenvalue weighted by Crippen LogP contribution is 2.37. The molecule has 160 valence electrons. The third kappa shape index (κ3) is 3.83. The molecule has 7 nitrogen and oxygen atoms in total. The van der Waals surface area contributed by atoms with Crippen molar-refractivity contribution in [1.29, 1.82) is 0 Å². The molecule has 2 aromatic rings. The van der Waals surface area contributed by atoms with Gasteiger partial charge in [-0.1, -0.05) is 0 Å². The maximum Gasteiger partial charge on any atom is 0.273 e. The summed E-state index contributed by atoms with van der Waals surface area (Å²) >= 11 is 0. The molecule has 0 radical (unpaired) electrons. The van der Waals surface area contributed by atoms with Gasteiger partial charge in [0.2, 0.25) is 5.92 Å². The Morgan fingerprint density at radius 3 is 2.70 bits per heavy atom. The number of carbonyl (C=O) groups is 2. The normalized spacial score (nSPS) is 19.9. The van der Waals surface area contributed by atoms with Crippen molar-refractivity contribution in [1.82, 2.24) is 9.29 Å². The number of nitrogens with zero attached hydrogens (tertiary/aromatic N) is 1. The van der Waals surface area contributed by atoms with Crippen LogP contribution in [-0.4, -0.2) is 36.7 Å². The van der Waals surface area contributed by atoms with Crippen LogP contribution in [0.25, 0.3) is 0 Å². The summed E-state index contributed by atoms with van der Waals surface area (Å²) in [6.07, 6.45) is 2.54. The van der Waals surface area contributed by atoms with E-state index in [0.29, 0.717) is 25.8 Å². The van der Waals surface area contributed by atoms with Gasteiger partial charge in [0, 0.05) is 31.1 Å². The molecule has 1 saturated carbocycles. The number of rotatable bonds is 4. The smallest absolute Gasteiger partial charge is 0.273 e. The van der Waals surface area contributed by atoms with Crippen molar-refractivity contribution in [2.24, 2.45) is 5.92 Å². The van der Waals surface area contributed by atoms with E-state index in [9.17, 15) is 26.8 Å². The van der Waals surface area contributed by atoms with Crippen LogP contribution >= 0.6 is 0 Å². The lowest BCUT2D eigenvalue weighted by Gasteiger charge is -2.28. The van der Waals surface area contributed by atoms with Crippen LogP contribution in [0, 0.1) is 5.92 Å². The Balaban J connectivity index is 1.45. The maximum absolute atomic E-state index is 13.2. The Hall–Kier alpha value is -2.75. The molecular formula is C20H21F2N3O4S. The lowest BCUT2D eigenvalue weighted by molar-refractivity contribution is -0.0464. The Labute approximate surface area is 172 Å². The highest BCUT2D eigenvalue weighted by atomic mass is 32.2. The van der Waals surface area contributed by atoms with Crippen LogP contribution in [0.5, 0.6) is 0 Å². The van der Waals surface area contributed by atoms with Crippen molar-refractivity contribution in [2.45, 2.75) is 42.9 Å². The molecule has 1 aromatic heterocycles. The quantitative estimate of drug-likeness (QED) is 0.767. The molecule has 2 N–H and O–H groups in total. The van der Waals surface area contributed by atoms with E-state index in [2.05, 4.69) is 10.6 Å². The standard InChI is InChI=1S/C20H21F2N3O4S/c21-20(22)8-5-13(6-9-20)7-10-23-18(26)14-3-4-17-15(12-14)24-19(27)16-2-1-11-25(16)30(17,28)29/h1-4,11-13H,5-10H2,(H,23,26)(H,24,27). The summed E-state index contributed by atoms with van der Waals surface area (Å²) in [5, 5.41) is 5.28. The fraction of sp³-hybridized carbons (Fsp3) is 0.400. The zero-order chi connectivity index (χ0) is 21.5. The molecule has 0 saturated heterocycles. The Morgan fingerprint density at radius 1 is 1.23 bits per heavy atom. The van der Waals surface area contributed by atoms with E-state index >= 15 is 0 Å². The van der Waals surface area contributed by atoms with E-state index in [0.717, 1.165) is 3.97 Å². The van der Waals surface area contributed by atoms with Crippen LogP contribution in [0.2, 0.25) is 0 Å². The summed E-state index contributed by atoms with van der Waals surface area (Å²) in [5.41, 5.74) is 0.215. The summed E-state index contributed by atoms with van der Waals surface area (Å²) in [6.45, 7) is 0.336. The first-order valence-electron chi connectivity index (χ1n) is 9.72. The van der Waals surface area contributed by atoms with Gasteiger partial charge < -0.3 is 10.6 Å². The van der Waals surface area contributed by atoms with E-state index in [1.165, 1.54) is 36.5 Å². The molecule has 0 atom stereocenters. The zero-order valence-electron chi connectivity index (χ0n) is 16.0. The minimum Gasteiger partial charge on any atom is -0.352 e. The summed E-state index contributed by atoms with van der Waals surface area (Å²) in [5.74, 6) is -3.44. The Kier molecular flexibility index (Phi) is 5.13. The van der Waals surface area contributed by atoms with Crippen molar-refractivity contribution < 1.29 is 26.8 Å². The molecule has 30 heavy (non-hydrogen) atoms. The van der Waals surface area contributed by atoms with Crippen molar-refractivity contribution in [3.63, 3.8) is 0 Å². The highest BCUT2D eigenvalue weighted by molar-refractivity contribution is 7.90. The van der Waals surface area contributed by atoms with Gasteiger partial charge in [-0.25, -0.2) is 21.2 Å². The Bertz CT molecular complexity index is 1100. The van der Waals surface area contributed by atoms with E-state index in [-0.39, 0.29) is 40.6 Å². The van der Waals surface area contributed by atoms with E-state index in [1.807, 2.05) is 0 Å². The van der Waals surface area contributed by atoms with Crippen molar-refractivity contribution in [3.8, 4) is 0 Å². The molecule has 4 rings (SSSR count). The fourth-order valence-electron chi connectivity index (χ4n) is 3.92. The Morgan fingerprint density at radius 2 is 1.97 bits per heavy atom. The van der Waals surface area contributed by atoms with Crippen molar-refractivity contribution >= 4 is 27.5 Å². The topological polar surface area (TPSA) is 97.3 Å². The lowest BCUT2D eigenvalue weighted by atomic mass is 9.85. The SMILES string of the molecule is O=C(NCCC1CCC(F)(F)CC1)c1ccc2c(c1)NC(=O)c1cccn1S2(=O)=O. The molecule has 0 bridgehead atoms. The first-order chi connectivity index (χ1) is 14.2. The van der Waals surface area contributed by atoms with Crippen LogP contribution in [-0.2, 0) is 10.0 Å². The number of amides is 2. The number of alkyl halides is 2. The van der Waals surface area contributed by atoms with Crippen LogP contribution in [0.3, 0.4) is 0 Å². The largest absolute Gasteiger partial charge is 0.352 e. The van der Waals surface area contributed by atoms with Gasteiger partial charge in [0.15, 0.2) is 0 Å². The number of benzene rings is 1. The summed E-state index contributed by atoms with van der Waals surface area (Å²) in [7, 11) is -3.97. The van der Waals surface area contributed by atoms with Gasteiger partial charge >= 0.3 is 0 Å². The van der Waals surface area contributed by atoms with E-state index in [1.54, 1.807) is 0 Å². The zero-order valence-corrected chi connectivity index (χ0v) is 16.8. The van der Waals surface area contributed by atoms with Gasteiger partial charge in [-0.2, -0.15) is 0 Å². The van der Waals surface area contributed by atoms with Crippen molar-refractivity contribution in [3.05, 3.63) is 47.8 Å². The summed E-state index contributed by atoms with van der Waals surface area (Å²) < 4.78 is 53.0. The molecule has 2 aliphatic rings. The van der Waals surface area contributed by atoms with Crippen LogP contribution < -0.4 is 10.6 Å². The summed E-state index contributed by atoms with van der Waals surface area (Å²) in [4.78, 5) is 24.7.